The van der Waals surface area contributed by atoms with Crippen molar-refractivity contribution in [1.29, 1.82) is 0 Å². The minimum Gasteiger partial charge on any atom is -0.458 e. The standard InChI is InChI=1S/C14H25NO4/c1-14(2,3)19-13(17)11-7-5-9-15(11)12(16)8-6-10-18-4/h11H,5-10H2,1-4H3/t11-/m1/s1. The molecule has 1 fully saturated rings. The zero-order valence-corrected chi connectivity index (χ0v) is 12.4. The number of methoxy groups -OCH3 is 1. The molecule has 0 saturated carbocycles. The van der Waals surface area contributed by atoms with Gasteiger partial charge in [0, 0.05) is 26.7 Å². The van der Waals surface area contributed by atoms with Crippen molar-refractivity contribution < 1.29 is 19.1 Å². The lowest BCUT2D eigenvalue weighted by molar-refractivity contribution is -0.163. The molecule has 0 radical (unpaired) electrons. The molecule has 110 valence electrons. The lowest BCUT2D eigenvalue weighted by Gasteiger charge is -2.27. The van der Waals surface area contributed by atoms with E-state index in [0.717, 1.165) is 6.42 Å². The topological polar surface area (TPSA) is 55.8 Å². The first-order valence-corrected chi connectivity index (χ1v) is 6.86. The van der Waals surface area contributed by atoms with Gasteiger partial charge in [-0.3, -0.25) is 4.79 Å². The molecule has 0 aliphatic carbocycles. The number of nitrogens with zero attached hydrogens (tertiary/aromatic N) is 1. The molecular formula is C14H25NO4. The molecule has 1 saturated heterocycles. The first kappa shape index (κ1) is 16.0. The number of likely N-dealkylation sites (tertiary alicyclic amines) is 1. The predicted octanol–water partition coefficient (Wildman–Crippen LogP) is 1.75. The Morgan fingerprint density at radius 1 is 1.32 bits per heavy atom. The molecule has 19 heavy (non-hydrogen) atoms. The minimum atomic E-state index is -0.509. The maximum atomic E-state index is 12.1. The second-order valence-corrected chi connectivity index (χ2v) is 5.87. The third-order valence-corrected chi connectivity index (χ3v) is 2.99. The molecular weight excluding hydrogens is 246 g/mol. The van der Waals surface area contributed by atoms with Crippen LogP contribution in [0, 0.1) is 0 Å². The fourth-order valence-electron chi connectivity index (χ4n) is 2.19. The number of hydrogen-bond donors (Lipinski definition) is 0. The van der Waals surface area contributed by atoms with E-state index in [1.165, 1.54) is 0 Å². The fraction of sp³-hybridized carbons (Fsp3) is 0.857. The number of ether oxygens (including phenoxy) is 2. The molecule has 1 aliphatic rings. The van der Waals surface area contributed by atoms with Gasteiger partial charge in [0.25, 0.3) is 0 Å². The molecule has 0 N–H and O–H groups in total. The Labute approximate surface area is 115 Å². The summed E-state index contributed by atoms with van der Waals surface area (Å²) in [6, 6.07) is -0.408. The number of carbonyl (C=O) groups is 2. The molecule has 5 heteroatoms. The second-order valence-electron chi connectivity index (χ2n) is 5.87. The first-order valence-electron chi connectivity index (χ1n) is 6.86. The van der Waals surface area contributed by atoms with Gasteiger partial charge in [0.1, 0.15) is 11.6 Å². The number of hydrogen-bond acceptors (Lipinski definition) is 4. The number of amides is 1. The summed E-state index contributed by atoms with van der Waals surface area (Å²) in [7, 11) is 1.61. The number of esters is 1. The summed E-state index contributed by atoms with van der Waals surface area (Å²) in [6.45, 7) is 6.73. The molecule has 0 bridgehead atoms. The highest BCUT2D eigenvalue weighted by atomic mass is 16.6. The summed E-state index contributed by atoms with van der Waals surface area (Å²) in [6.07, 6.45) is 2.67. The SMILES string of the molecule is COCCCC(=O)N1CCC[C@@H]1C(=O)OC(C)(C)C. The zero-order valence-electron chi connectivity index (χ0n) is 12.4. The van der Waals surface area contributed by atoms with Gasteiger partial charge in [-0.15, -0.1) is 0 Å². The first-order chi connectivity index (χ1) is 8.85. The van der Waals surface area contributed by atoms with Gasteiger partial charge in [0.05, 0.1) is 0 Å². The Kier molecular flexibility index (Phi) is 5.79. The fourth-order valence-corrected chi connectivity index (χ4v) is 2.19. The number of rotatable bonds is 5. The van der Waals surface area contributed by atoms with E-state index in [4.69, 9.17) is 9.47 Å². The highest BCUT2D eigenvalue weighted by Crippen LogP contribution is 2.22. The molecule has 1 aliphatic heterocycles. The van der Waals surface area contributed by atoms with Crippen molar-refractivity contribution in [3.05, 3.63) is 0 Å². The highest BCUT2D eigenvalue weighted by Gasteiger charge is 2.36. The molecule has 0 aromatic heterocycles. The Morgan fingerprint density at radius 3 is 2.58 bits per heavy atom. The van der Waals surface area contributed by atoms with Crippen LogP contribution in [0.1, 0.15) is 46.5 Å². The zero-order chi connectivity index (χ0) is 14.5. The van der Waals surface area contributed by atoms with Gasteiger partial charge >= 0.3 is 5.97 Å². The van der Waals surface area contributed by atoms with E-state index in [0.29, 0.717) is 32.4 Å². The van der Waals surface area contributed by atoms with Crippen molar-refractivity contribution in [2.24, 2.45) is 0 Å². The summed E-state index contributed by atoms with van der Waals surface area (Å²) >= 11 is 0. The number of carbonyl (C=O) groups excluding carboxylic acids is 2. The Balaban J connectivity index is 2.53. The van der Waals surface area contributed by atoms with Crippen LogP contribution in [0.2, 0.25) is 0 Å². The van der Waals surface area contributed by atoms with Gasteiger partial charge in [-0.1, -0.05) is 0 Å². The van der Waals surface area contributed by atoms with Crippen molar-refractivity contribution >= 4 is 11.9 Å². The van der Waals surface area contributed by atoms with Crippen molar-refractivity contribution in [2.75, 3.05) is 20.3 Å². The van der Waals surface area contributed by atoms with Crippen LogP contribution >= 0.6 is 0 Å². The quantitative estimate of drug-likeness (QED) is 0.564. The maximum Gasteiger partial charge on any atom is 0.329 e. The Morgan fingerprint density at radius 2 is 2.00 bits per heavy atom. The summed E-state index contributed by atoms with van der Waals surface area (Å²) in [5.41, 5.74) is -0.509. The smallest absolute Gasteiger partial charge is 0.329 e. The highest BCUT2D eigenvalue weighted by molar-refractivity contribution is 5.85. The molecule has 1 atom stereocenters. The van der Waals surface area contributed by atoms with Gasteiger partial charge in [0.15, 0.2) is 0 Å². The molecule has 0 aromatic rings. The van der Waals surface area contributed by atoms with Gasteiger partial charge in [0.2, 0.25) is 5.91 Å². The van der Waals surface area contributed by atoms with Crippen molar-refractivity contribution in [1.82, 2.24) is 4.90 Å². The average Bonchev–Trinajstić information content (AvgIpc) is 2.75. The van der Waals surface area contributed by atoms with E-state index >= 15 is 0 Å². The molecule has 0 spiro atoms. The Hall–Kier alpha value is -1.10. The summed E-state index contributed by atoms with van der Waals surface area (Å²) in [4.78, 5) is 25.8. The maximum absolute atomic E-state index is 12.1. The predicted molar refractivity (Wildman–Crippen MR) is 71.7 cm³/mol. The third-order valence-electron chi connectivity index (χ3n) is 2.99. The van der Waals surface area contributed by atoms with Crippen molar-refractivity contribution in [3.8, 4) is 0 Å². The van der Waals surface area contributed by atoms with Crippen LogP contribution in [-0.2, 0) is 19.1 Å². The van der Waals surface area contributed by atoms with Crippen LogP contribution in [0.4, 0.5) is 0 Å². The lowest BCUT2D eigenvalue weighted by atomic mass is 10.1. The van der Waals surface area contributed by atoms with Crippen LogP contribution < -0.4 is 0 Å². The minimum absolute atomic E-state index is 0.0189. The van der Waals surface area contributed by atoms with Gasteiger partial charge in [-0.05, 0) is 40.0 Å². The summed E-state index contributed by atoms with van der Waals surface area (Å²) in [5, 5.41) is 0. The molecule has 1 heterocycles. The van der Waals surface area contributed by atoms with Crippen molar-refractivity contribution in [2.45, 2.75) is 58.1 Å². The molecule has 5 nitrogen and oxygen atoms in total. The third kappa shape index (κ3) is 5.19. The molecule has 0 unspecified atom stereocenters. The van der Waals surface area contributed by atoms with Crippen LogP contribution in [-0.4, -0.2) is 48.7 Å². The largest absolute Gasteiger partial charge is 0.458 e. The van der Waals surface area contributed by atoms with Gasteiger partial charge in [-0.2, -0.15) is 0 Å². The second kappa shape index (κ2) is 6.89. The average molecular weight is 271 g/mol. The van der Waals surface area contributed by atoms with Crippen LogP contribution in [0.5, 0.6) is 0 Å². The van der Waals surface area contributed by atoms with Crippen LogP contribution in [0.25, 0.3) is 0 Å². The van der Waals surface area contributed by atoms with Gasteiger partial charge in [-0.25, -0.2) is 4.79 Å². The van der Waals surface area contributed by atoms with Gasteiger partial charge < -0.3 is 14.4 Å². The summed E-state index contributed by atoms with van der Waals surface area (Å²) in [5.74, 6) is -0.268. The van der Waals surface area contributed by atoms with E-state index in [9.17, 15) is 9.59 Å². The molecule has 1 rings (SSSR count). The Bertz CT molecular complexity index is 322. The van der Waals surface area contributed by atoms with Crippen molar-refractivity contribution in [3.63, 3.8) is 0 Å². The molecule has 0 aromatic carbocycles. The lowest BCUT2D eigenvalue weighted by Crippen LogP contribution is -2.43. The van der Waals surface area contributed by atoms with Crippen LogP contribution in [0.3, 0.4) is 0 Å². The summed E-state index contributed by atoms with van der Waals surface area (Å²) < 4.78 is 10.3. The monoisotopic (exact) mass is 271 g/mol. The van der Waals surface area contributed by atoms with E-state index in [1.807, 2.05) is 20.8 Å². The van der Waals surface area contributed by atoms with E-state index in [2.05, 4.69) is 0 Å². The van der Waals surface area contributed by atoms with E-state index < -0.39 is 11.6 Å². The van der Waals surface area contributed by atoms with E-state index in [-0.39, 0.29) is 11.9 Å². The normalized spacial score (nSPS) is 19.6. The molecule has 1 amide bonds. The van der Waals surface area contributed by atoms with Crippen LogP contribution in [0.15, 0.2) is 0 Å². The van der Waals surface area contributed by atoms with E-state index in [1.54, 1.807) is 12.0 Å².